The largest absolute Gasteiger partial charge is 0.308 e. The maximum Gasteiger partial charge on any atom is 0.238 e. The molecule has 0 unspecified atom stereocenters. The number of hydrogen-bond acceptors (Lipinski definition) is 5. The zero-order chi connectivity index (χ0) is 11.8. The van der Waals surface area contributed by atoms with Gasteiger partial charge in [-0.3, -0.25) is 0 Å². The molecule has 6 nitrogen and oxygen atoms in total. The minimum absolute atomic E-state index is 0.0651. The van der Waals surface area contributed by atoms with E-state index in [4.69, 9.17) is 11.0 Å². The highest BCUT2D eigenvalue weighted by Gasteiger charge is 2.08. The van der Waals surface area contributed by atoms with Gasteiger partial charge in [-0.2, -0.15) is 0 Å². The van der Waals surface area contributed by atoms with Crippen molar-refractivity contribution in [3.63, 3.8) is 0 Å². The van der Waals surface area contributed by atoms with Crippen LogP contribution >= 0.6 is 0 Å². The molecule has 1 aromatic heterocycles. The van der Waals surface area contributed by atoms with E-state index in [2.05, 4.69) is 10.4 Å². The summed E-state index contributed by atoms with van der Waals surface area (Å²) >= 11 is 0. The molecule has 0 spiro atoms. The van der Waals surface area contributed by atoms with Crippen LogP contribution in [0.1, 0.15) is 0 Å². The Morgan fingerprint density at radius 1 is 1.19 bits per heavy atom. The smallest absolute Gasteiger partial charge is 0.238 e. The number of nitrogens with one attached hydrogen (secondary N) is 1. The van der Waals surface area contributed by atoms with Crippen LogP contribution in [-0.2, 0) is 10.0 Å². The molecule has 5 N–H and O–H groups in total. The van der Waals surface area contributed by atoms with Crippen molar-refractivity contribution in [2.45, 2.75) is 4.90 Å². The predicted molar refractivity (Wildman–Crippen MR) is 60.9 cm³/mol. The Labute approximate surface area is 92.3 Å². The van der Waals surface area contributed by atoms with Crippen LogP contribution in [-0.4, -0.2) is 13.4 Å². The van der Waals surface area contributed by atoms with Gasteiger partial charge >= 0.3 is 0 Å². The third-order valence-corrected chi connectivity index (χ3v) is 3.05. The molecule has 16 heavy (non-hydrogen) atoms. The van der Waals surface area contributed by atoms with E-state index >= 15 is 0 Å². The molecule has 0 aliphatic rings. The van der Waals surface area contributed by atoms with E-state index in [1.807, 2.05) is 0 Å². The van der Waals surface area contributed by atoms with E-state index in [1.54, 1.807) is 18.2 Å². The monoisotopic (exact) mass is 238 g/mol. The number of primary sulfonamides is 1. The van der Waals surface area contributed by atoms with E-state index in [-0.39, 0.29) is 4.90 Å². The molecule has 0 saturated carbocycles. The van der Waals surface area contributed by atoms with Gasteiger partial charge in [0.05, 0.1) is 10.4 Å². The van der Waals surface area contributed by atoms with Crippen molar-refractivity contribution in [1.82, 2.24) is 4.98 Å². The van der Waals surface area contributed by atoms with Gasteiger partial charge in [-0.15, -0.1) is 0 Å². The van der Waals surface area contributed by atoms with Crippen molar-refractivity contribution in [3.05, 3.63) is 30.3 Å². The molecule has 0 saturated heterocycles. The van der Waals surface area contributed by atoms with Gasteiger partial charge in [-0.1, -0.05) is 0 Å². The lowest BCUT2D eigenvalue weighted by molar-refractivity contribution is 0.598. The van der Waals surface area contributed by atoms with E-state index in [1.165, 1.54) is 12.1 Å². The first-order valence-electron chi connectivity index (χ1n) is 4.41. The molecule has 2 rings (SSSR count). The Morgan fingerprint density at radius 2 is 1.94 bits per heavy atom. The summed E-state index contributed by atoms with van der Waals surface area (Å²) < 4.78 is 22.2. The highest BCUT2D eigenvalue weighted by atomic mass is 32.2. The zero-order valence-corrected chi connectivity index (χ0v) is 9.03. The van der Waals surface area contributed by atoms with E-state index in [9.17, 15) is 8.42 Å². The van der Waals surface area contributed by atoms with Gasteiger partial charge < -0.3 is 5.43 Å². The summed E-state index contributed by atoms with van der Waals surface area (Å²) in [5.74, 6) is 5.72. The second-order valence-corrected chi connectivity index (χ2v) is 4.80. The van der Waals surface area contributed by atoms with Crippen LogP contribution in [0.4, 0.5) is 5.82 Å². The number of aromatic nitrogens is 1. The summed E-state index contributed by atoms with van der Waals surface area (Å²) in [4.78, 5) is 4.21. The fourth-order valence-corrected chi connectivity index (χ4v) is 1.91. The Kier molecular flexibility index (Phi) is 2.50. The van der Waals surface area contributed by atoms with Crippen LogP contribution in [0.5, 0.6) is 0 Å². The molecule has 0 radical (unpaired) electrons. The van der Waals surface area contributed by atoms with Gasteiger partial charge in [0.1, 0.15) is 5.82 Å². The molecule has 1 aromatic carbocycles. The molecular formula is C9H10N4O2S. The van der Waals surface area contributed by atoms with Crippen molar-refractivity contribution in [1.29, 1.82) is 0 Å². The molecule has 84 valence electrons. The number of pyridine rings is 1. The summed E-state index contributed by atoms with van der Waals surface area (Å²) in [6.45, 7) is 0. The standard InChI is InChI=1S/C9H10N4O2S/c10-13-9-4-1-6-5-7(16(11,14)15)2-3-8(6)12-9/h1-5H,10H2,(H,12,13)(H2,11,14,15). The fourth-order valence-electron chi connectivity index (χ4n) is 1.36. The molecule has 0 fully saturated rings. The molecule has 0 aliphatic carbocycles. The molecule has 0 atom stereocenters. The van der Waals surface area contributed by atoms with Gasteiger partial charge in [-0.05, 0) is 30.3 Å². The van der Waals surface area contributed by atoms with Crippen molar-refractivity contribution in [3.8, 4) is 0 Å². The lowest BCUT2D eigenvalue weighted by atomic mass is 10.2. The van der Waals surface area contributed by atoms with Crippen molar-refractivity contribution < 1.29 is 8.42 Å². The van der Waals surface area contributed by atoms with E-state index < -0.39 is 10.0 Å². The van der Waals surface area contributed by atoms with Crippen molar-refractivity contribution >= 4 is 26.7 Å². The number of fused-ring (bicyclic) bond motifs is 1. The minimum atomic E-state index is -3.68. The predicted octanol–water partition coefficient (Wildman–Crippen LogP) is 0.168. The quantitative estimate of drug-likeness (QED) is 0.510. The topological polar surface area (TPSA) is 111 Å². The first kappa shape index (κ1) is 10.8. The number of nitrogen functional groups attached to an aromatic ring is 1. The SMILES string of the molecule is NNc1ccc2cc(S(N)(=O)=O)ccc2n1. The minimum Gasteiger partial charge on any atom is -0.308 e. The second kappa shape index (κ2) is 3.71. The van der Waals surface area contributed by atoms with Crippen LogP contribution in [0.3, 0.4) is 0 Å². The summed E-state index contributed by atoms with van der Waals surface area (Å²) in [6, 6.07) is 7.82. The third-order valence-electron chi connectivity index (χ3n) is 2.14. The Balaban J connectivity index is 2.65. The maximum atomic E-state index is 11.1. The van der Waals surface area contributed by atoms with Crippen LogP contribution in [0.25, 0.3) is 10.9 Å². The summed E-state index contributed by atoms with van der Waals surface area (Å²) in [7, 11) is -3.68. The number of rotatable bonds is 2. The van der Waals surface area contributed by atoms with Gasteiger partial charge in [0, 0.05) is 5.39 Å². The molecule has 0 bridgehead atoms. The normalized spacial score (nSPS) is 11.6. The number of nitrogens with zero attached hydrogens (tertiary/aromatic N) is 1. The lowest BCUT2D eigenvalue weighted by Crippen LogP contribution is -2.12. The average molecular weight is 238 g/mol. The third kappa shape index (κ3) is 1.96. The second-order valence-electron chi connectivity index (χ2n) is 3.24. The number of nitrogens with two attached hydrogens (primary N) is 2. The van der Waals surface area contributed by atoms with Crippen LogP contribution in [0.2, 0.25) is 0 Å². The average Bonchev–Trinajstić information content (AvgIpc) is 2.26. The van der Waals surface area contributed by atoms with Gasteiger partial charge in [0.2, 0.25) is 10.0 Å². The maximum absolute atomic E-state index is 11.1. The lowest BCUT2D eigenvalue weighted by Gasteiger charge is -2.03. The van der Waals surface area contributed by atoms with E-state index in [0.717, 1.165) is 0 Å². The molecule has 7 heteroatoms. The van der Waals surface area contributed by atoms with E-state index in [0.29, 0.717) is 16.7 Å². The molecule has 0 aliphatic heterocycles. The molecule has 1 heterocycles. The Hall–Kier alpha value is -1.70. The van der Waals surface area contributed by atoms with Crippen LogP contribution < -0.4 is 16.4 Å². The number of benzene rings is 1. The number of hydrogen-bond donors (Lipinski definition) is 3. The van der Waals surface area contributed by atoms with Crippen LogP contribution in [0.15, 0.2) is 35.2 Å². The Morgan fingerprint density at radius 3 is 2.56 bits per heavy atom. The zero-order valence-electron chi connectivity index (χ0n) is 8.21. The summed E-state index contributed by atoms with van der Waals surface area (Å²) in [6.07, 6.45) is 0. The number of hydrazine groups is 1. The van der Waals surface area contributed by atoms with Gasteiger partial charge in [-0.25, -0.2) is 24.4 Å². The molecule has 0 amide bonds. The van der Waals surface area contributed by atoms with Crippen molar-refractivity contribution in [2.75, 3.05) is 5.43 Å². The summed E-state index contributed by atoms with van der Waals surface area (Å²) in [5, 5.41) is 5.71. The molecular weight excluding hydrogens is 228 g/mol. The number of sulfonamides is 1. The summed E-state index contributed by atoms with van der Waals surface area (Å²) in [5.41, 5.74) is 3.05. The molecule has 2 aromatic rings. The van der Waals surface area contributed by atoms with Gasteiger partial charge in [0.25, 0.3) is 0 Å². The number of anilines is 1. The first-order valence-corrected chi connectivity index (χ1v) is 5.95. The van der Waals surface area contributed by atoms with Crippen LogP contribution in [0, 0.1) is 0 Å². The highest BCUT2D eigenvalue weighted by molar-refractivity contribution is 7.89. The Bertz CT molecular complexity index is 639. The van der Waals surface area contributed by atoms with Gasteiger partial charge in [0.15, 0.2) is 0 Å². The first-order chi connectivity index (χ1) is 7.50. The highest BCUT2D eigenvalue weighted by Crippen LogP contribution is 2.18. The fraction of sp³-hybridized carbons (Fsp3) is 0. The van der Waals surface area contributed by atoms with Crippen molar-refractivity contribution in [2.24, 2.45) is 11.0 Å².